The second-order valence-electron chi connectivity index (χ2n) is 18.3. The minimum absolute atomic E-state index is 0.114. The Bertz CT molecular complexity index is 1370. The zero-order valence-corrected chi connectivity index (χ0v) is 31.0. The molecule has 2 aromatic rings. The van der Waals surface area contributed by atoms with Crippen LogP contribution in [0.25, 0.3) is 0 Å². The molecule has 0 spiro atoms. The normalized spacial score (nSPS) is 39.1. The number of pyridine rings is 2. The summed E-state index contributed by atoms with van der Waals surface area (Å²) in [4.78, 5) is 9.39. The Labute approximate surface area is 277 Å². The van der Waals surface area contributed by atoms with E-state index in [4.69, 9.17) is 9.97 Å². The van der Waals surface area contributed by atoms with Gasteiger partial charge < -0.3 is 0 Å². The van der Waals surface area contributed by atoms with Crippen molar-refractivity contribution < 1.29 is 0 Å². The third-order valence-corrected chi connectivity index (χ3v) is 21.6. The molecule has 0 amide bonds. The van der Waals surface area contributed by atoms with Crippen molar-refractivity contribution in [3.8, 4) is 0 Å². The highest BCUT2D eigenvalue weighted by Gasteiger charge is 2.62. The lowest BCUT2D eigenvalue weighted by Crippen LogP contribution is -2.57. The fourth-order valence-corrected chi connectivity index (χ4v) is 20.3. The lowest BCUT2D eigenvalue weighted by atomic mass is 9.55. The maximum absolute atomic E-state index is 4.69. The first-order chi connectivity index (χ1) is 21.6. The molecule has 11 rings (SSSR count). The highest BCUT2D eigenvalue weighted by atomic mass is 31.1. The van der Waals surface area contributed by atoms with E-state index in [0.717, 1.165) is 41.9 Å². The Morgan fingerprint density at radius 1 is 0.733 bits per heavy atom. The number of aromatic nitrogens is 2. The minimum atomic E-state index is -1.49. The number of rotatable bonds is 8. The van der Waals surface area contributed by atoms with E-state index in [2.05, 4.69) is 71.6 Å². The van der Waals surface area contributed by atoms with Crippen LogP contribution < -0.4 is 0 Å². The number of hydrogen-bond acceptors (Lipinski definition) is 2. The Morgan fingerprint density at radius 2 is 1.16 bits per heavy atom. The number of nitrogens with zero attached hydrogens (tertiary/aromatic N) is 2. The standard InChI is InChI=1S/C40H54N2P2Si/c1-45(2,3)36-16-33(37(17-36)40(43,34-6-4-8-41-24-34)35-7-5-9-42-25-35)26-44(38-18-27-10-28(19-38)12-29(11-27)20-38)39-21-30-13-31(22-39)15-32(14-30)23-39/h4-9,16,24-25,27-32H,10-15,17-23,26,43H2,1-3H3. The molecule has 0 radical (unpaired) electrons. The molecule has 1 unspecified atom stereocenters. The lowest BCUT2D eigenvalue weighted by molar-refractivity contribution is 0.0187. The van der Waals surface area contributed by atoms with Crippen molar-refractivity contribution in [3.63, 3.8) is 0 Å². The summed E-state index contributed by atoms with van der Waals surface area (Å²) in [5, 5.41) is 2.77. The molecule has 8 fully saturated rings. The molecule has 9 aliphatic carbocycles. The van der Waals surface area contributed by atoms with Crippen LogP contribution >= 0.6 is 17.2 Å². The van der Waals surface area contributed by atoms with Crippen LogP contribution in [-0.2, 0) is 5.16 Å². The topological polar surface area (TPSA) is 25.8 Å². The predicted octanol–water partition coefficient (Wildman–Crippen LogP) is 10.5. The molecule has 8 bridgehead atoms. The quantitative estimate of drug-likeness (QED) is 0.210. The summed E-state index contributed by atoms with van der Waals surface area (Å²) < 4.78 is 0. The van der Waals surface area contributed by atoms with Gasteiger partial charge in [0.05, 0.1) is 13.2 Å². The number of allylic oxidation sites excluding steroid dienone is 4. The van der Waals surface area contributed by atoms with Gasteiger partial charge in [-0.25, -0.2) is 0 Å². The molecule has 8 saturated carbocycles. The van der Waals surface area contributed by atoms with Gasteiger partial charge in [-0.05, 0) is 170 Å². The molecular weight excluding hydrogens is 598 g/mol. The molecule has 1 atom stereocenters. The van der Waals surface area contributed by atoms with Gasteiger partial charge in [0.2, 0.25) is 0 Å². The van der Waals surface area contributed by atoms with Gasteiger partial charge in [0.25, 0.3) is 0 Å². The number of hydrogen-bond donors (Lipinski definition) is 0. The van der Waals surface area contributed by atoms with Crippen LogP contribution in [0.5, 0.6) is 0 Å². The lowest BCUT2D eigenvalue weighted by Gasteiger charge is -2.67. The Morgan fingerprint density at radius 3 is 1.51 bits per heavy atom. The Balaban J connectivity index is 1.22. The van der Waals surface area contributed by atoms with Crippen LogP contribution in [0.4, 0.5) is 0 Å². The minimum Gasteiger partial charge on any atom is -0.264 e. The molecular formula is C40H54N2P2Si. The Kier molecular flexibility index (Phi) is 7.11. The van der Waals surface area contributed by atoms with Crippen LogP contribution in [0.15, 0.2) is 71.5 Å². The highest BCUT2D eigenvalue weighted by molar-refractivity contribution is 7.61. The van der Waals surface area contributed by atoms with Gasteiger partial charge >= 0.3 is 0 Å². The van der Waals surface area contributed by atoms with Crippen molar-refractivity contribution in [2.24, 2.45) is 35.5 Å². The zero-order chi connectivity index (χ0) is 30.6. The summed E-state index contributed by atoms with van der Waals surface area (Å²) >= 11 is 0. The van der Waals surface area contributed by atoms with Crippen molar-refractivity contribution in [2.75, 3.05) is 6.16 Å². The van der Waals surface area contributed by atoms with Crippen molar-refractivity contribution >= 4 is 25.2 Å². The summed E-state index contributed by atoms with van der Waals surface area (Å²) in [6, 6.07) is 8.94. The van der Waals surface area contributed by atoms with Crippen molar-refractivity contribution in [2.45, 2.75) is 119 Å². The fraction of sp³-hybridized carbons (Fsp3) is 0.650. The van der Waals surface area contributed by atoms with Crippen LogP contribution in [0, 0.1) is 35.5 Å². The molecule has 2 aromatic heterocycles. The maximum Gasteiger partial charge on any atom is 0.0728 e. The third-order valence-electron chi connectivity index (χ3n) is 14.3. The fourth-order valence-electron chi connectivity index (χ4n) is 13.2. The van der Waals surface area contributed by atoms with Crippen LogP contribution in [-0.4, -0.2) is 34.5 Å². The summed E-state index contributed by atoms with van der Waals surface area (Å²) in [6.07, 6.45) is 32.3. The summed E-state index contributed by atoms with van der Waals surface area (Å²) in [5.41, 5.74) is 6.00. The average molecular weight is 653 g/mol. The predicted molar refractivity (Wildman–Crippen MR) is 196 cm³/mol. The van der Waals surface area contributed by atoms with E-state index < -0.39 is 8.07 Å². The van der Waals surface area contributed by atoms with E-state index in [1.165, 1.54) is 17.3 Å². The SMILES string of the molecule is C[Si](C)(C)C1=CC(CP(C23CC4CC(CC(C4)C2)C3)C23CC4CC(CC(C4)C2)C3)=C(C(P)(c2cccnc2)c2cccnc2)C1. The van der Waals surface area contributed by atoms with E-state index in [9.17, 15) is 0 Å². The molecule has 2 heterocycles. The van der Waals surface area contributed by atoms with E-state index in [1.807, 2.05) is 12.4 Å². The van der Waals surface area contributed by atoms with Gasteiger partial charge in [0.15, 0.2) is 0 Å². The molecule has 0 saturated heterocycles. The summed E-state index contributed by atoms with van der Waals surface area (Å²) in [5.74, 6) is 6.20. The van der Waals surface area contributed by atoms with Gasteiger partial charge in [-0.3, -0.25) is 9.97 Å². The van der Waals surface area contributed by atoms with E-state index in [0.29, 0.717) is 10.3 Å². The van der Waals surface area contributed by atoms with Crippen molar-refractivity contribution in [3.05, 3.63) is 82.6 Å². The van der Waals surface area contributed by atoms with Gasteiger partial charge in [0, 0.05) is 24.8 Å². The smallest absolute Gasteiger partial charge is 0.0728 e. The van der Waals surface area contributed by atoms with Crippen molar-refractivity contribution in [1.29, 1.82) is 0 Å². The average Bonchev–Trinajstić information content (AvgIpc) is 3.44. The Hall–Kier alpha value is -1.14. The highest BCUT2D eigenvalue weighted by Crippen LogP contribution is 2.79. The first-order valence-electron chi connectivity index (χ1n) is 18.4. The molecule has 2 nitrogen and oxygen atoms in total. The van der Waals surface area contributed by atoms with Gasteiger partial charge in [-0.15, -0.1) is 9.24 Å². The molecule has 5 heteroatoms. The van der Waals surface area contributed by atoms with E-state index in [-0.39, 0.29) is 13.1 Å². The molecule has 45 heavy (non-hydrogen) atoms. The molecule has 0 aliphatic heterocycles. The van der Waals surface area contributed by atoms with Crippen molar-refractivity contribution in [1.82, 2.24) is 9.97 Å². The second kappa shape index (κ2) is 10.7. The van der Waals surface area contributed by atoms with Gasteiger partial charge in [-0.2, -0.15) is 0 Å². The maximum atomic E-state index is 4.69. The second-order valence-corrected chi connectivity index (χ2v) is 27.3. The summed E-state index contributed by atoms with van der Waals surface area (Å²) in [7, 11) is 1.81. The largest absolute Gasteiger partial charge is 0.264 e. The van der Waals surface area contributed by atoms with Gasteiger partial charge in [0.1, 0.15) is 0 Å². The monoisotopic (exact) mass is 652 g/mol. The van der Waals surface area contributed by atoms with Crippen LogP contribution in [0.3, 0.4) is 0 Å². The zero-order valence-electron chi connectivity index (χ0n) is 28.0. The molecule has 9 aliphatic rings. The first-order valence-corrected chi connectivity index (χ1v) is 24.0. The summed E-state index contributed by atoms with van der Waals surface area (Å²) in [6.45, 7) is 7.75. The molecule has 0 aromatic carbocycles. The van der Waals surface area contributed by atoms with E-state index in [1.54, 1.807) is 93.4 Å². The molecule has 238 valence electrons. The first kappa shape index (κ1) is 30.0. The molecule has 0 N–H and O–H groups in total. The van der Waals surface area contributed by atoms with Crippen LogP contribution in [0.1, 0.15) is 94.6 Å². The third kappa shape index (κ3) is 4.90. The van der Waals surface area contributed by atoms with Gasteiger partial charge in [-0.1, -0.05) is 51.0 Å². The van der Waals surface area contributed by atoms with Crippen LogP contribution in [0.2, 0.25) is 19.6 Å². The van der Waals surface area contributed by atoms with E-state index >= 15 is 0 Å².